The van der Waals surface area contributed by atoms with Gasteiger partial charge < -0.3 is 0 Å². The average molecular weight is 323 g/mol. The summed E-state index contributed by atoms with van der Waals surface area (Å²) in [5.41, 5.74) is 2.14. The number of benzene rings is 1. The van der Waals surface area contributed by atoms with E-state index < -0.39 is 10.0 Å². The summed E-state index contributed by atoms with van der Waals surface area (Å²) >= 11 is 5.80. The van der Waals surface area contributed by atoms with Gasteiger partial charge in [-0.05, 0) is 60.7 Å². The van der Waals surface area contributed by atoms with E-state index in [-0.39, 0.29) is 10.9 Å². The van der Waals surface area contributed by atoms with E-state index in [1.54, 1.807) is 18.3 Å². The van der Waals surface area contributed by atoms with Crippen molar-refractivity contribution in [1.29, 1.82) is 0 Å². The van der Waals surface area contributed by atoms with Crippen LogP contribution in [0.2, 0.25) is 5.02 Å². The molecule has 1 unspecified atom stereocenters. The molecular weight excluding hydrogens is 308 g/mol. The predicted octanol–water partition coefficient (Wildman–Crippen LogP) is 3.09. The molecule has 6 heteroatoms. The highest BCUT2D eigenvalue weighted by Gasteiger charge is 2.25. The number of rotatable bonds is 3. The molecule has 1 heterocycles. The second-order valence-electron chi connectivity index (χ2n) is 5.09. The molecule has 0 aliphatic heterocycles. The van der Waals surface area contributed by atoms with Crippen LogP contribution in [-0.4, -0.2) is 13.4 Å². The maximum Gasteiger partial charge on any atom is 0.241 e. The molecule has 1 N–H and O–H groups in total. The number of fused-ring (bicyclic) bond motifs is 1. The molecule has 1 atom stereocenters. The van der Waals surface area contributed by atoms with Crippen LogP contribution in [0, 0.1) is 0 Å². The number of nitrogens with one attached hydrogen (secondary N) is 1. The summed E-state index contributed by atoms with van der Waals surface area (Å²) in [6, 6.07) is 7.88. The third-order valence-corrected chi connectivity index (χ3v) is 5.42. The lowest BCUT2D eigenvalue weighted by atomic mass is 9.90. The van der Waals surface area contributed by atoms with Crippen LogP contribution in [0.3, 0.4) is 0 Å². The lowest BCUT2D eigenvalue weighted by Crippen LogP contribution is -2.31. The highest BCUT2D eigenvalue weighted by molar-refractivity contribution is 7.89. The monoisotopic (exact) mass is 322 g/mol. The zero-order valence-corrected chi connectivity index (χ0v) is 12.9. The first kappa shape index (κ1) is 14.5. The number of sulfonamides is 1. The molecule has 0 spiro atoms. The van der Waals surface area contributed by atoms with Gasteiger partial charge in [-0.1, -0.05) is 11.6 Å². The van der Waals surface area contributed by atoms with Crippen LogP contribution >= 0.6 is 11.6 Å². The first-order valence-electron chi connectivity index (χ1n) is 6.77. The number of hydrogen-bond acceptors (Lipinski definition) is 3. The van der Waals surface area contributed by atoms with Crippen molar-refractivity contribution in [2.75, 3.05) is 0 Å². The fraction of sp³-hybridized carbons (Fsp3) is 0.267. The van der Waals surface area contributed by atoms with Crippen LogP contribution in [0.4, 0.5) is 0 Å². The van der Waals surface area contributed by atoms with Crippen LogP contribution in [-0.2, 0) is 16.4 Å². The SMILES string of the molecule is O=S(=O)(NC1CCCc2cnccc21)c1ccc(Cl)cc1. The van der Waals surface area contributed by atoms with E-state index in [0.29, 0.717) is 5.02 Å². The van der Waals surface area contributed by atoms with Crippen LogP contribution in [0.1, 0.15) is 30.0 Å². The first-order valence-corrected chi connectivity index (χ1v) is 8.63. The minimum Gasteiger partial charge on any atom is -0.264 e. The summed E-state index contributed by atoms with van der Waals surface area (Å²) in [6.07, 6.45) is 6.21. The second kappa shape index (κ2) is 5.75. The number of hydrogen-bond donors (Lipinski definition) is 1. The third-order valence-electron chi connectivity index (χ3n) is 3.68. The second-order valence-corrected chi connectivity index (χ2v) is 7.24. The van der Waals surface area contributed by atoms with Crippen LogP contribution < -0.4 is 4.72 Å². The molecule has 0 saturated carbocycles. The topological polar surface area (TPSA) is 59.1 Å². The van der Waals surface area contributed by atoms with Gasteiger partial charge in [-0.15, -0.1) is 0 Å². The Morgan fingerprint density at radius 3 is 2.71 bits per heavy atom. The van der Waals surface area contributed by atoms with Gasteiger partial charge in [-0.25, -0.2) is 13.1 Å². The Morgan fingerprint density at radius 2 is 1.95 bits per heavy atom. The molecule has 1 aromatic carbocycles. The smallest absolute Gasteiger partial charge is 0.241 e. The van der Waals surface area contributed by atoms with Crippen molar-refractivity contribution in [3.8, 4) is 0 Å². The van der Waals surface area contributed by atoms with E-state index in [2.05, 4.69) is 9.71 Å². The van der Waals surface area contributed by atoms with E-state index >= 15 is 0 Å². The normalized spacial score (nSPS) is 18.2. The summed E-state index contributed by atoms with van der Waals surface area (Å²) in [4.78, 5) is 4.33. The van der Waals surface area contributed by atoms with Gasteiger partial charge in [0, 0.05) is 23.5 Å². The lowest BCUT2D eigenvalue weighted by molar-refractivity contribution is 0.506. The Bertz CT molecular complexity index is 745. The highest BCUT2D eigenvalue weighted by atomic mass is 35.5. The molecule has 0 saturated heterocycles. The zero-order chi connectivity index (χ0) is 14.9. The summed E-state index contributed by atoms with van der Waals surface area (Å²) in [5, 5.41) is 0.517. The van der Waals surface area contributed by atoms with Gasteiger partial charge in [0.2, 0.25) is 10.0 Å². The van der Waals surface area contributed by atoms with Crippen molar-refractivity contribution in [1.82, 2.24) is 9.71 Å². The minimum absolute atomic E-state index is 0.197. The number of aryl methyl sites for hydroxylation is 1. The van der Waals surface area contributed by atoms with E-state index in [1.807, 2.05) is 12.3 Å². The molecule has 110 valence electrons. The summed E-state index contributed by atoms with van der Waals surface area (Å²) < 4.78 is 27.7. The molecule has 4 nitrogen and oxygen atoms in total. The van der Waals surface area contributed by atoms with Crippen LogP contribution in [0.25, 0.3) is 0 Å². The summed E-state index contributed by atoms with van der Waals surface area (Å²) in [7, 11) is -3.55. The maximum atomic E-state index is 12.5. The molecule has 1 aliphatic rings. The van der Waals surface area contributed by atoms with Crippen molar-refractivity contribution in [2.45, 2.75) is 30.2 Å². The van der Waals surface area contributed by atoms with Crippen molar-refractivity contribution >= 4 is 21.6 Å². The molecule has 2 aromatic rings. The maximum absolute atomic E-state index is 12.5. The largest absolute Gasteiger partial charge is 0.264 e. The number of aromatic nitrogens is 1. The highest BCUT2D eigenvalue weighted by Crippen LogP contribution is 2.30. The van der Waals surface area contributed by atoms with Gasteiger partial charge in [0.15, 0.2) is 0 Å². The zero-order valence-electron chi connectivity index (χ0n) is 11.3. The van der Waals surface area contributed by atoms with Crippen molar-refractivity contribution < 1.29 is 8.42 Å². The lowest BCUT2D eigenvalue weighted by Gasteiger charge is -2.25. The Balaban J connectivity index is 1.88. The van der Waals surface area contributed by atoms with Crippen molar-refractivity contribution in [3.63, 3.8) is 0 Å². The van der Waals surface area contributed by atoms with Gasteiger partial charge >= 0.3 is 0 Å². The third kappa shape index (κ3) is 3.10. The van der Waals surface area contributed by atoms with Gasteiger partial charge in [0.25, 0.3) is 0 Å². The van der Waals surface area contributed by atoms with Crippen molar-refractivity contribution in [2.24, 2.45) is 0 Å². The minimum atomic E-state index is -3.55. The summed E-state index contributed by atoms with van der Waals surface area (Å²) in [6.45, 7) is 0. The van der Waals surface area contributed by atoms with Crippen molar-refractivity contribution in [3.05, 3.63) is 58.9 Å². The van der Waals surface area contributed by atoms with E-state index in [0.717, 1.165) is 30.4 Å². The molecule has 3 rings (SSSR count). The number of nitrogens with zero attached hydrogens (tertiary/aromatic N) is 1. The quantitative estimate of drug-likeness (QED) is 0.944. The van der Waals surface area contributed by atoms with Gasteiger partial charge in [-0.2, -0.15) is 0 Å². The Hall–Kier alpha value is -1.43. The molecule has 0 amide bonds. The van der Waals surface area contributed by atoms with Crippen LogP contribution in [0.5, 0.6) is 0 Å². The molecule has 21 heavy (non-hydrogen) atoms. The predicted molar refractivity (Wildman–Crippen MR) is 81.7 cm³/mol. The standard InChI is InChI=1S/C15H15ClN2O2S/c16-12-4-6-13(7-5-12)21(19,20)18-15-3-1-2-11-10-17-9-8-14(11)15/h4-10,15,18H,1-3H2. The van der Waals surface area contributed by atoms with Gasteiger partial charge in [-0.3, -0.25) is 4.98 Å². The molecule has 1 aromatic heterocycles. The molecule has 1 aliphatic carbocycles. The van der Waals surface area contributed by atoms with E-state index in [9.17, 15) is 8.42 Å². The fourth-order valence-corrected chi connectivity index (χ4v) is 4.01. The fourth-order valence-electron chi connectivity index (χ4n) is 2.63. The Morgan fingerprint density at radius 1 is 1.19 bits per heavy atom. The Kier molecular flexibility index (Phi) is 3.97. The first-order chi connectivity index (χ1) is 10.1. The van der Waals surface area contributed by atoms with Gasteiger partial charge in [0.05, 0.1) is 4.90 Å². The molecule has 0 fully saturated rings. The average Bonchev–Trinajstić information content (AvgIpc) is 2.48. The van der Waals surface area contributed by atoms with Gasteiger partial charge in [0.1, 0.15) is 0 Å². The Labute approximate surface area is 129 Å². The van der Waals surface area contributed by atoms with E-state index in [4.69, 9.17) is 11.6 Å². The molecular formula is C15H15ClN2O2S. The van der Waals surface area contributed by atoms with E-state index in [1.165, 1.54) is 12.1 Å². The number of pyridine rings is 1. The number of halogens is 1. The summed E-state index contributed by atoms with van der Waals surface area (Å²) in [5.74, 6) is 0. The molecule has 0 radical (unpaired) electrons. The molecule has 0 bridgehead atoms. The van der Waals surface area contributed by atoms with Crippen LogP contribution in [0.15, 0.2) is 47.6 Å².